The molecule has 1 aliphatic rings. The van der Waals surface area contributed by atoms with Gasteiger partial charge in [0.2, 0.25) is 0 Å². The first-order chi connectivity index (χ1) is 7.08. The average molecular weight is 212 g/mol. The first-order valence-electron chi connectivity index (χ1n) is 4.90. The molecule has 0 N–H and O–H groups in total. The van der Waals surface area contributed by atoms with Crippen molar-refractivity contribution >= 4 is 11.8 Å². The largest absolute Gasteiger partial charge is 0.469 e. The monoisotopic (exact) mass is 212 g/mol. The Morgan fingerprint density at radius 1 is 1.40 bits per heavy atom. The van der Waals surface area contributed by atoms with Crippen LogP contribution in [-0.4, -0.2) is 32.1 Å². The van der Waals surface area contributed by atoms with E-state index in [9.17, 15) is 9.59 Å². The summed E-state index contributed by atoms with van der Waals surface area (Å²) in [6.07, 6.45) is 1.14. The van der Waals surface area contributed by atoms with E-state index in [4.69, 9.17) is 4.74 Å². The fourth-order valence-electron chi connectivity index (χ4n) is 1.67. The molecular formula is C11H16O4. The summed E-state index contributed by atoms with van der Waals surface area (Å²) in [5.74, 6) is -0.249. The summed E-state index contributed by atoms with van der Waals surface area (Å²) in [5, 5.41) is 0. The van der Waals surface area contributed by atoms with Crippen molar-refractivity contribution in [3.8, 4) is 0 Å². The predicted octanol–water partition coefficient (Wildman–Crippen LogP) is 1.24. The van der Waals surface area contributed by atoms with Crippen molar-refractivity contribution in [2.75, 3.05) is 14.2 Å². The van der Waals surface area contributed by atoms with E-state index in [1.165, 1.54) is 7.11 Å². The van der Waals surface area contributed by atoms with Gasteiger partial charge < -0.3 is 9.47 Å². The molecule has 0 saturated heterocycles. The maximum atomic E-state index is 11.6. The van der Waals surface area contributed by atoms with E-state index in [0.717, 1.165) is 5.57 Å². The highest BCUT2D eigenvalue weighted by Crippen LogP contribution is 2.26. The van der Waals surface area contributed by atoms with Crippen LogP contribution in [0.15, 0.2) is 11.1 Å². The lowest BCUT2D eigenvalue weighted by Crippen LogP contribution is -2.25. The zero-order valence-electron chi connectivity index (χ0n) is 9.33. The molecule has 0 amide bonds. The number of methoxy groups -OCH3 is 2. The Morgan fingerprint density at radius 2 is 2.07 bits per heavy atom. The third kappa shape index (κ3) is 2.89. The van der Waals surface area contributed by atoms with E-state index in [-0.39, 0.29) is 24.3 Å². The highest BCUT2D eigenvalue weighted by Gasteiger charge is 2.26. The Kier molecular flexibility index (Phi) is 4.03. The van der Waals surface area contributed by atoms with E-state index in [2.05, 4.69) is 4.74 Å². The quantitative estimate of drug-likeness (QED) is 0.660. The lowest BCUT2D eigenvalue weighted by atomic mass is 9.88. The molecule has 0 aliphatic heterocycles. The molecular weight excluding hydrogens is 196 g/mol. The molecule has 1 atom stereocenters. The normalized spacial score (nSPS) is 21.8. The Hall–Kier alpha value is -1.16. The van der Waals surface area contributed by atoms with Gasteiger partial charge in [-0.15, -0.1) is 0 Å². The van der Waals surface area contributed by atoms with Gasteiger partial charge in [0, 0.05) is 13.5 Å². The van der Waals surface area contributed by atoms with Crippen molar-refractivity contribution in [1.29, 1.82) is 0 Å². The second-order valence-corrected chi connectivity index (χ2v) is 3.67. The molecule has 0 spiro atoms. The number of ketones is 1. The zero-order chi connectivity index (χ0) is 11.4. The van der Waals surface area contributed by atoms with Crippen LogP contribution in [-0.2, 0) is 19.1 Å². The van der Waals surface area contributed by atoms with Crippen LogP contribution in [0.1, 0.15) is 26.2 Å². The van der Waals surface area contributed by atoms with Gasteiger partial charge in [0.05, 0.1) is 19.6 Å². The maximum absolute atomic E-state index is 11.6. The van der Waals surface area contributed by atoms with Crippen molar-refractivity contribution in [2.45, 2.75) is 32.3 Å². The van der Waals surface area contributed by atoms with Crippen molar-refractivity contribution in [3.63, 3.8) is 0 Å². The van der Waals surface area contributed by atoms with Crippen LogP contribution < -0.4 is 0 Å². The van der Waals surface area contributed by atoms with Gasteiger partial charge in [-0.3, -0.25) is 9.59 Å². The van der Waals surface area contributed by atoms with Gasteiger partial charge in [0.15, 0.2) is 5.78 Å². The summed E-state index contributed by atoms with van der Waals surface area (Å²) in [7, 11) is 2.92. The standard InChI is InChI=1S/C11H16O4/c1-7-8(5-11(13)15-3)4-9(14-2)6-10(7)12/h9H,4-6H2,1-3H3. The molecule has 0 aromatic rings. The summed E-state index contributed by atoms with van der Waals surface area (Å²) in [6.45, 7) is 1.76. The molecule has 0 fully saturated rings. The van der Waals surface area contributed by atoms with E-state index >= 15 is 0 Å². The first kappa shape index (κ1) is 11.9. The van der Waals surface area contributed by atoms with Crippen LogP contribution in [0.5, 0.6) is 0 Å². The molecule has 15 heavy (non-hydrogen) atoms. The van der Waals surface area contributed by atoms with Gasteiger partial charge in [-0.25, -0.2) is 0 Å². The SMILES string of the molecule is COC(=O)CC1=C(C)C(=O)CC(OC)C1. The lowest BCUT2D eigenvalue weighted by molar-refractivity contribution is -0.139. The van der Waals surface area contributed by atoms with Crippen LogP contribution >= 0.6 is 0 Å². The molecule has 0 heterocycles. The molecule has 1 rings (SSSR count). The first-order valence-corrected chi connectivity index (χ1v) is 4.90. The zero-order valence-corrected chi connectivity index (χ0v) is 9.33. The fraction of sp³-hybridized carbons (Fsp3) is 0.636. The number of carbonyl (C=O) groups excluding carboxylic acids is 2. The van der Waals surface area contributed by atoms with Gasteiger partial charge >= 0.3 is 5.97 Å². The van der Waals surface area contributed by atoms with E-state index in [1.807, 2.05) is 0 Å². The maximum Gasteiger partial charge on any atom is 0.309 e. The topological polar surface area (TPSA) is 52.6 Å². The summed E-state index contributed by atoms with van der Waals surface area (Å²) >= 11 is 0. The van der Waals surface area contributed by atoms with Gasteiger partial charge in [-0.2, -0.15) is 0 Å². The van der Waals surface area contributed by atoms with Crippen LogP contribution in [0.25, 0.3) is 0 Å². The fourth-order valence-corrected chi connectivity index (χ4v) is 1.67. The highest BCUT2D eigenvalue weighted by molar-refractivity contribution is 5.97. The summed E-state index contributed by atoms with van der Waals surface area (Å²) in [6, 6.07) is 0. The molecule has 0 aromatic heterocycles. The number of esters is 1. The molecule has 4 nitrogen and oxygen atoms in total. The van der Waals surface area contributed by atoms with Gasteiger partial charge in [-0.05, 0) is 18.9 Å². The lowest BCUT2D eigenvalue weighted by Gasteiger charge is -2.23. The minimum Gasteiger partial charge on any atom is -0.469 e. The number of carbonyl (C=O) groups is 2. The van der Waals surface area contributed by atoms with Crippen molar-refractivity contribution < 1.29 is 19.1 Å². The molecule has 84 valence electrons. The van der Waals surface area contributed by atoms with Crippen LogP contribution in [0.2, 0.25) is 0 Å². The summed E-state index contributed by atoms with van der Waals surface area (Å²) in [4.78, 5) is 22.7. The number of allylic oxidation sites excluding steroid dienone is 1. The van der Waals surface area contributed by atoms with E-state index < -0.39 is 0 Å². The van der Waals surface area contributed by atoms with Gasteiger partial charge in [0.25, 0.3) is 0 Å². The third-order valence-corrected chi connectivity index (χ3v) is 2.75. The van der Waals surface area contributed by atoms with Gasteiger partial charge in [-0.1, -0.05) is 5.57 Å². The molecule has 0 bridgehead atoms. The van der Waals surface area contributed by atoms with Crippen LogP contribution in [0, 0.1) is 0 Å². The number of hydrogen-bond acceptors (Lipinski definition) is 4. The highest BCUT2D eigenvalue weighted by atomic mass is 16.5. The van der Waals surface area contributed by atoms with Crippen molar-refractivity contribution in [1.82, 2.24) is 0 Å². The van der Waals surface area contributed by atoms with Gasteiger partial charge in [0.1, 0.15) is 0 Å². The average Bonchev–Trinajstić information content (AvgIpc) is 2.24. The molecule has 1 aliphatic carbocycles. The molecule has 1 unspecified atom stereocenters. The number of hydrogen-bond donors (Lipinski definition) is 0. The van der Waals surface area contributed by atoms with Crippen LogP contribution in [0.3, 0.4) is 0 Å². The Morgan fingerprint density at radius 3 is 2.60 bits per heavy atom. The van der Waals surface area contributed by atoms with E-state index in [1.54, 1.807) is 14.0 Å². The van der Waals surface area contributed by atoms with Crippen LogP contribution in [0.4, 0.5) is 0 Å². The molecule has 0 saturated carbocycles. The van der Waals surface area contributed by atoms with Crippen molar-refractivity contribution in [3.05, 3.63) is 11.1 Å². The number of Topliss-reactive ketones (excluding diaryl/α,β-unsaturated/α-hetero) is 1. The Labute approximate surface area is 89.2 Å². The number of rotatable bonds is 3. The molecule has 4 heteroatoms. The van der Waals surface area contributed by atoms with Crippen molar-refractivity contribution in [2.24, 2.45) is 0 Å². The second-order valence-electron chi connectivity index (χ2n) is 3.67. The minimum absolute atomic E-state index is 0.0620. The number of ether oxygens (including phenoxy) is 2. The second kappa shape index (κ2) is 5.07. The smallest absolute Gasteiger partial charge is 0.309 e. The summed E-state index contributed by atoms with van der Waals surface area (Å²) in [5.41, 5.74) is 1.53. The Bertz CT molecular complexity index is 304. The minimum atomic E-state index is -0.311. The summed E-state index contributed by atoms with van der Waals surface area (Å²) < 4.78 is 9.73. The Balaban J connectivity index is 2.78. The van der Waals surface area contributed by atoms with E-state index in [0.29, 0.717) is 18.4 Å². The third-order valence-electron chi connectivity index (χ3n) is 2.75. The molecule has 0 radical (unpaired) electrons. The predicted molar refractivity (Wildman–Crippen MR) is 54.4 cm³/mol. The molecule has 0 aromatic carbocycles.